The third-order valence-corrected chi connectivity index (χ3v) is 5.93. The van der Waals surface area contributed by atoms with Crippen molar-refractivity contribution >= 4 is 21.8 Å². The minimum absolute atomic E-state index is 1.20. The summed E-state index contributed by atoms with van der Waals surface area (Å²) in [5.41, 5.74) is 4.09. The molecule has 2 aromatic carbocycles. The van der Waals surface area contributed by atoms with Gasteiger partial charge in [0.1, 0.15) is 0 Å². The number of H-pyrrole nitrogens is 1. The maximum atomic E-state index is 3.64. The molecule has 3 aromatic rings. The summed E-state index contributed by atoms with van der Waals surface area (Å²) in [4.78, 5) is 3.64. The number of benzene rings is 2. The number of para-hydroxylation sites is 2. The Balaban J connectivity index is 1.33. The van der Waals surface area contributed by atoms with Crippen LogP contribution < -0.4 is 0 Å². The molecular weight excluding hydrogens is 326 g/mol. The highest BCUT2D eigenvalue weighted by atomic mass is 14.7. The number of aromatic nitrogens is 1. The van der Waals surface area contributed by atoms with Gasteiger partial charge in [-0.05, 0) is 24.5 Å². The van der Waals surface area contributed by atoms with Crippen LogP contribution in [0.4, 0.5) is 0 Å². The van der Waals surface area contributed by atoms with Gasteiger partial charge in [0.2, 0.25) is 0 Å². The van der Waals surface area contributed by atoms with E-state index in [1.807, 2.05) is 0 Å². The van der Waals surface area contributed by atoms with Crippen LogP contribution in [-0.2, 0) is 6.42 Å². The minimum Gasteiger partial charge on any atom is -0.354 e. The van der Waals surface area contributed by atoms with Gasteiger partial charge in [-0.25, -0.2) is 0 Å². The number of nitrogens with one attached hydrogen (secondary N) is 1. The van der Waals surface area contributed by atoms with E-state index in [1.54, 1.807) is 0 Å². The van der Waals surface area contributed by atoms with E-state index in [-0.39, 0.29) is 0 Å². The molecular formula is C26H37N. The lowest BCUT2D eigenvalue weighted by Gasteiger charge is -2.05. The molecule has 1 heteroatoms. The van der Waals surface area contributed by atoms with Crippen molar-refractivity contribution in [3.63, 3.8) is 0 Å². The van der Waals surface area contributed by atoms with E-state index < -0.39 is 0 Å². The average Bonchev–Trinajstić information content (AvgIpc) is 3.08. The average molecular weight is 364 g/mol. The summed E-state index contributed by atoms with van der Waals surface area (Å²) >= 11 is 0. The molecule has 0 aliphatic carbocycles. The highest BCUT2D eigenvalue weighted by Gasteiger charge is 2.07. The van der Waals surface area contributed by atoms with E-state index in [9.17, 15) is 0 Å². The summed E-state index contributed by atoms with van der Waals surface area (Å²) in [6, 6.07) is 15.4. The van der Waals surface area contributed by atoms with Gasteiger partial charge in [0.15, 0.2) is 0 Å². The molecule has 0 fully saturated rings. The lowest BCUT2D eigenvalue weighted by molar-refractivity contribution is 0.544. The minimum atomic E-state index is 1.20. The molecule has 0 unspecified atom stereocenters. The number of fused-ring (bicyclic) bond motifs is 3. The fraction of sp³-hybridized carbons (Fsp3) is 0.538. The molecule has 1 heterocycles. The molecule has 0 radical (unpaired) electrons. The second kappa shape index (κ2) is 11.2. The van der Waals surface area contributed by atoms with Crippen LogP contribution in [0.25, 0.3) is 21.8 Å². The first-order valence-corrected chi connectivity index (χ1v) is 11.4. The molecule has 0 aliphatic heterocycles. The summed E-state index contributed by atoms with van der Waals surface area (Å²) in [6.07, 6.45) is 18.2. The Morgan fingerprint density at radius 3 is 1.89 bits per heavy atom. The first-order chi connectivity index (χ1) is 13.4. The molecule has 27 heavy (non-hydrogen) atoms. The second-order valence-corrected chi connectivity index (χ2v) is 8.15. The Morgan fingerprint density at radius 2 is 1.19 bits per heavy atom. The number of rotatable bonds is 13. The van der Waals surface area contributed by atoms with Gasteiger partial charge >= 0.3 is 0 Å². The molecule has 0 bridgehead atoms. The summed E-state index contributed by atoms with van der Waals surface area (Å²) in [5.74, 6) is 0. The summed E-state index contributed by atoms with van der Waals surface area (Å²) in [6.45, 7) is 2.29. The zero-order valence-corrected chi connectivity index (χ0v) is 17.2. The number of aryl methyl sites for hydroxylation is 1. The van der Waals surface area contributed by atoms with Crippen molar-refractivity contribution in [3.8, 4) is 0 Å². The van der Waals surface area contributed by atoms with Gasteiger partial charge in [0.05, 0.1) is 0 Å². The summed E-state index contributed by atoms with van der Waals surface area (Å²) < 4.78 is 0. The van der Waals surface area contributed by atoms with Gasteiger partial charge < -0.3 is 4.98 Å². The zero-order chi connectivity index (χ0) is 18.7. The van der Waals surface area contributed by atoms with E-state index in [0.29, 0.717) is 0 Å². The lowest BCUT2D eigenvalue weighted by Crippen LogP contribution is -1.88. The Hall–Kier alpha value is -1.76. The van der Waals surface area contributed by atoms with Gasteiger partial charge in [0, 0.05) is 21.8 Å². The van der Waals surface area contributed by atoms with Crippen molar-refractivity contribution < 1.29 is 0 Å². The molecule has 0 saturated carbocycles. The second-order valence-electron chi connectivity index (χ2n) is 8.15. The van der Waals surface area contributed by atoms with Crippen LogP contribution in [0.1, 0.15) is 89.5 Å². The fourth-order valence-electron chi connectivity index (χ4n) is 4.30. The molecule has 3 rings (SSSR count). The van der Waals surface area contributed by atoms with Crippen LogP contribution in [-0.4, -0.2) is 4.98 Å². The number of aromatic amines is 1. The molecule has 0 saturated heterocycles. The van der Waals surface area contributed by atoms with Gasteiger partial charge in [-0.1, -0.05) is 114 Å². The third-order valence-electron chi connectivity index (χ3n) is 5.93. The first kappa shape index (κ1) is 20.0. The normalized spacial score (nSPS) is 11.6. The predicted molar refractivity (Wildman–Crippen MR) is 121 cm³/mol. The van der Waals surface area contributed by atoms with E-state index in [4.69, 9.17) is 0 Å². The van der Waals surface area contributed by atoms with E-state index in [2.05, 4.69) is 54.4 Å². The van der Waals surface area contributed by atoms with Crippen molar-refractivity contribution in [2.75, 3.05) is 0 Å². The Labute approximate surface area is 165 Å². The summed E-state index contributed by atoms with van der Waals surface area (Å²) in [5, 5.41) is 2.73. The molecule has 0 atom stereocenters. The number of hydrogen-bond acceptors (Lipinski definition) is 0. The highest BCUT2D eigenvalue weighted by Crippen LogP contribution is 2.28. The molecule has 0 spiro atoms. The van der Waals surface area contributed by atoms with Gasteiger partial charge in [0.25, 0.3) is 0 Å². The maximum Gasteiger partial charge on any atom is 0.0497 e. The van der Waals surface area contributed by atoms with Gasteiger partial charge in [-0.3, -0.25) is 0 Å². The number of hydrogen-bond donors (Lipinski definition) is 1. The molecule has 1 aromatic heterocycles. The Kier molecular flexibility index (Phi) is 8.27. The monoisotopic (exact) mass is 363 g/mol. The number of unbranched alkanes of at least 4 members (excludes halogenated alkanes) is 11. The van der Waals surface area contributed by atoms with Crippen LogP contribution in [0.3, 0.4) is 0 Å². The highest BCUT2D eigenvalue weighted by molar-refractivity contribution is 6.08. The van der Waals surface area contributed by atoms with Gasteiger partial charge in [-0.2, -0.15) is 0 Å². The van der Waals surface area contributed by atoms with Crippen molar-refractivity contribution in [2.45, 2.75) is 90.4 Å². The standard InChI is InChI=1S/C26H37N/c1-2-3-4-5-6-7-8-9-10-11-12-13-17-22-18-16-20-24-23-19-14-15-21-25(23)27-26(22)24/h14-16,18-21,27H,2-13,17H2,1H3. The molecule has 1 nitrogen and oxygen atoms in total. The van der Waals surface area contributed by atoms with Crippen LogP contribution in [0.2, 0.25) is 0 Å². The van der Waals surface area contributed by atoms with Crippen LogP contribution in [0, 0.1) is 0 Å². The van der Waals surface area contributed by atoms with E-state index in [1.165, 1.54) is 111 Å². The third kappa shape index (κ3) is 5.86. The quantitative estimate of drug-likeness (QED) is 0.293. The van der Waals surface area contributed by atoms with Crippen LogP contribution in [0.5, 0.6) is 0 Å². The lowest BCUT2D eigenvalue weighted by atomic mass is 10.0. The predicted octanol–water partition coefficient (Wildman–Crippen LogP) is 8.56. The first-order valence-electron chi connectivity index (χ1n) is 11.4. The molecule has 0 amide bonds. The summed E-state index contributed by atoms with van der Waals surface area (Å²) in [7, 11) is 0. The Bertz CT molecular complexity index is 798. The van der Waals surface area contributed by atoms with E-state index >= 15 is 0 Å². The zero-order valence-electron chi connectivity index (χ0n) is 17.2. The van der Waals surface area contributed by atoms with Crippen molar-refractivity contribution in [3.05, 3.63) is 48.0 Å². The maximum absolute atomic E-state index is 3.64. The molecule has 0 aliphatic rings. The van der Waals surface area contributed by atoms with Gasteiger partial charge in [-0.15, -0.1) is 0 Å². The van der Waals surface area contributed by atoms with Crippen LogP contribution in [0.15, 0.2) is 42.5 Å². The smallest absolute Gasteiger partial charge is 0.0497 e. The largest absolute Gasteiger partial charge is 0.354 e. The molecule has 146 valence electrons. The fourth-order valence-corrected chi connectivity index (χ4v) is 4.30. The molecule has 1 N–H and O–H groups in total. The van der Waals surface area contributed by atoms with E-state index in [0.717, 1.165) is 0 Å². The SMILES string of the molecule is CCCCCCCCCCCCCCc1cccc2c1[nH]c1ccccc12. The van der Waals surface area contributed by atoms with Crippen molar-refractivity contribution in [1.82, 2.24) is 4.98 Å². The van der Waals surface area contributed by atoms with Crippen LogP contribution >= 0.6 is 0 Å². The topological polar surface area (TPSA) is 15.8 Å². The van der Waals surface area contributed by atoms with Crippen molar-refractivity contribution in [1.29, 1.82) is 0 Å². The Morgan fingerprint density at radius 1 is 0.593 bits per heavy atom. The van der Waals surface area contributed by atoms with Crippen molar-refractivity contribution in [2.24, 2.45) is 0 Å².